The quantitative estimate of drug-likeness (QED) is 0.390. The maximum absolute atomic E-state index is 13.1. The molecule has 1 aliphatic rings. The normalized spacial score (nSPS) is 17.7. The molecule has 0 spiro atoms. The van der Waals surface area contributed by atoms with Crippen LogP contribution in [0.2, 0.25) is 0 Å². The molecule has 1 saturated heterocycles. The van der Waals surface area contributed by atoms with Crippen molar-refractivity contribution < 1.29 is 4.39 Å². The summed E-state index contributed by atoms with van der Waals surface area (Å²) in [6.45, 7) is 5.42. The fraction of sp³-hybridized carbons (Fsp3) is 0.250. The van der Waals surface area contributed by atoms with Gasteiger partial charge in [0.15, 0.2) is 0 Å². The zero-order valence-electron chi connectivity index (χ0n) is 17.1. The van der Waals surface area contributed by atoms with Gasteiger partial charge < -0.3 is 10.6 Å². The van der Waals surface area contributed by atoms with Crippen molar-refractivity contribution in [3.8, 4) is 0 Å². The number of rotatable bonds is 4. The van der Waals surface area contributed by atoms with Gasteiger partial charge in [-0.2, -0.15) is 0 Å². The van der Waals surface area contributed by atoms with Gasteiger partial charge in [0.25, 0.3) is 0 Å². The molecule has 0 bridgehead atoms. The molecule has 1 aromatic heterocycles. The van der Waals surface area contributed by atoms with Gasteiger partial charge in [-0.15, -0.1) is 0 Å². The number of benzene rings is 2. The van der Waals surface area contributed by atoms with E-state index in [1.165, 1.54) is 12.1 Å². The molecule has 2 heterocycles. The van der Waals surface area contributed by atoms with Crippen molar-refractivity contribution in [3.05, 3.63) is 77.7 Å². The van der Waals surface area contributed by atoms with Gasteiger partial charge in [0.1, 0.15) is 11.7 Å². The number of halogens is 1. The predicted octanol–water partition coefficient (Wildman–Crippen LogP) is 4.15. The van der Waals surface area contributed by atoms with E-state index in [0.717, 1.165) is 48.2 Å². The fourth-order valence-electron chi connectivity index (χ4n) is 3.95. The average Bonchev–Trinajstić information content (AvgIpc) is 2.74. The van der Waals surface area contributed by atoms with E-state index in [2.05, 4.69) is 21.7 Å². The zero-order valence-corrected chi connectivity index (χ0v) is 17.1. The van der Waals surface area contributed by atoms with Gasteiger partial charge in [0, 0.05) is 49.5 Å². The fourth-order valence-corrected chi connectivity index (χ4v) is 3.95. The molecule has 5 nitrogen and oxygen atoms in total. The van der Waals surface area contributed by atoms with E-state index < -0.39 is 0 Å². The summed E-state index contributed by atoms with van der Waals surface area (Å²) in [5.74, 6) is 0.268. The Morgan fingerprint density at radius 1 is 1.23 bits per heavy atom. The number of amidine groups is 1. The van der Waals surface area contributed by atoms with Crippen LogP contribution in [0.1, 0.15) is 18.1 Å². The van der Waals surface area contributed by atoms with Gasteiger partial charge in [-0.1, -0.05) is 18.2 Å². The number of fused-ring (bicyclic) bond motifs is 1. The molecule has 6 heteroatoms. The lowest BCUT2D eigenvalue weighted by Gasteiger charge is -2.40. The molecule has 3 N–H and O–H groups in total. The minimum atomic E-state index is -0.208. The van der Waals surface area contributed by atoms with Crippen LogP contribution in [0.5, 0.6) is 0 Å². The lowest BCUT2D eigenvalue weighted by atomic mass is 10.1. The van der Waals surface area contributed by atoms with Gasteiger partial charge >= 0.3 is 0 Å². The van der Waals surface area contributed by atoms with Crippen molar-refractivity contribution in [2.75, 3.05) is 25.4 Å². The van der Waals surface area contributed by atoms with Crippen LogP contribution < -0.4 is 5.73 Å². The molecule has 154 valence electrons. The molecule has 0 amide bonds. The number of nitrogens with one attached hydrogen (secondary N) is 1. The third-order valence-electron chi connectivity index (χ3n) is 5.57. The monoisotopic (exact) mass is 403 g/mol. The van der Waals surface area contributed by atoms with Gasteiger partial charge in [-0.05, 0) is 60.5 Å². The van der Waals surface area contributed by atoms with E-state index in [1.54, 1.807) is 6.20 Å². The minimum Gasteiger partial charge on any atom is -0.398 e. The number of hydrogen-bond acceptors (Lipinski definition) is 4. The molecule has 0 aliphatic carbocycles. The first-order chi connectivity index (χ1) is 14.5. The van der Waals surface area contributed by atoms with Crippen molar-refractivity contribution >= 4 is 28.5 Å². The van der Waals surface area contributed by atoms with Gasteiger partial charge in [-0.25, -0.2) is 4.39 Å². The van der Waals surface area contributed by atoms with E-state index in [-0.39, 0.29) is 11.9 Å². The van der Waals surface area contributed by atoms with Crippen LogP contribution in [0.4, 0.5) is 10.1 Å². The lowest BCUT2D eigenvalue weighted by Crippen LogP contribution is -2.53. The van der Waals surface area contributed by atoms with Gasteiger partial charge in [0.2, 0.25) is 0 Å². The Labute approximate surface area is 176 Å². The molecule has 0 unspecified atom stereocenters. The van der Waals surface area contributed by atoms with E-state index in [4.69, 9.17) is 11.1 Å². The van der Waals surface area contributed by atoms with E-state index >= 15 is 0 Å². The predicted molar refractivity (Wildman–Crippen MR) is 121 cm³/mol. The summed E-state index contributed by atoms with van der Waals surface area (Å²) in [4.78, 5) is 8.83. The molecular formula is C24H26FN5. The first kappa shape index (κ1) is 20.0. The average molecular weight is 404 g/mol. The summed E-state index contributed by atoms with van der Waals surface area (Å²) < 4.78 is 13.1. The van der Waals surface area contributed by atoms with Crippen LogP contribution in [-0.2, 0) is 6.54 Å². The summed E-state index contributed by atoms with van der Waals surface area (Å²) in [6.07, 6.45) is 5.47. The van der Waals surface area contributed by atoms with E-state index in [1.807, 2.05) is 48.6 Å². The van der Waals surface area contributed by atoms with Gasteiger partial charge in [0.05, 0.1) is 5.52 Å². The summed E-state index contributed by atoms with van der Waals surface area (Å²) >= 11 is 0. The molecule has 1 aliphatic heterocycles. The number of nitrogens with zero attached hydrogens (tertiary/aromatic N) is 3. The van der Waals surface area contributed by atoms with Crippen LogP contribution in [0.15, 0.2) is 60.8 Å². The molecule has 30 heavy (non-hydrogen) atoms. The SMILES string of the molecule is C[C@@H]1CN(Cc2ccc(F)cc2)CCN1C(=N)/C=C/c1cc2ncccc2cc1N. The topological polar surface area (TPSA) is 69.2 Å². The lowest BCUT2D eigenvalue weighted by molar-refractivity contribution is 0.130. The number of piperazine rings is 1. The second-order valence-electron chi connectivity index (χ2n) is 7.80. The van der Waals surface area contributed by atoms with Crippen LogP contribution >= 0.6 is 0 Å². The van der Waals surface area contributed by atoms with Crippen LogP contribution in [0.25, 0.3) is 17.0 Å². The number of pyridine rings is 1. The van der Waals surface area contributed by atoms with Gasteiger partial charge in [-0.3, -0.25) is 15.3 Å². The Bertz CT molecular complexity index is 1080. The molecule has 0 saturated carbocycles. The van der Waals surface area contributed by atoms with Crippen LogP contribution in [0, 0.1) is 11.2 Å². The largest absolute Gasteiger partial charge is 0.398 e. The maximum Gasteiger partial charge on any atom is 0.123 e. The van der Waals surface area contributed by atoms with Crippen molar-refractivity contribution in [1.82, 2.24) is 14.8 Å². The Kier molecular flexibility index (Phi) is 5.77. The summed E-state index contributed by atoms with van der Waals surface area (Å²) in [5.41, 5.74) is 9.73. The highest BCUT2D eigenvalue weighted by molar-refractivity contribution is 5.96. The second-order valence-corrected chi connectivity index (χ2v) is 7.80. The second kappa shape index (κ2) is 8.63. The third-order valence-corrected chi connectivity index (χ3v) is 5.57. The standard InChI is InChI=1S/C24H26FN5/c1-17-15-29(16-18-4-7-21(25)8-5-18)11-12-30(17)24(27)9-6-19-14-23-20(13-22(19)26)3-2-10-28-23/h2-10,13-14,17,27H,11-12,15-16,26H2,1H3/b9-6+,27-24?/t17-/m1/s1. The zero-order chi connectivity index (χ0) is 21.1. The Morgan fingerprint density at radius 3 is 2.80 bits per heavy atom. The Morgan fingerprint density at radius 2 is 2.03 bits per heavy atom. The van der Waals surface area contributed by atoms with E-state index in [9.17, 15) is 4.39 Å². The Hall–Kier alpha value is -3.25. The summed E-state index contributed by atoms with van der Waals surface area (Å²) in [5, 5.41) is 9.54. The van der Waals surface area contributed by atoms with Crippen LogP contribution in [0.3, 0.4) is 0 Å². The Balaban J connectivity index is 1.39. The van der Waals surface area contributed by atoms with Crippen LogP contribution in [-0.4, -0.2) is 46.3 Å². The third kappa shape index (κ3) is 4.49. The highest BCUT2D eigenvalue weighted by Gasteiger charge is 2.24. The molecule has 4 rings (SSSR count). The summed E-state index contributed by atoms with van der Waals surface area (Å²) in [7, 11) is 0. The smallest absolute Gasteiger partial charge is 0.123 e. The van der Waals surface area contributed by atoms with E-state index in [0.29, 0.717) is 11.5 Å². The molecule has 1 atom stereocenters. The number of anilines is 1. The number of aromatic nitrogens is 1. The summed E-state index contributed by atoms with van der Waals surface area (Å²) in [6, 6.07) is 14.6. The minimum absolute atomic E-state index is 0.208. The molecule has 2 aromatic carbocycles. The van der Waals surface area contributed by atoms with Crippen molar-refractivity contribution in [2.45, 2.75) is 19.5 Å². The molecule has 1 fully saturated rings. The molecule has 0 radical (unpaired) electrons. The molecule has 3 aromatic rings. The van der Waals surface area contributed by atoms with Crippen molar-refractivity contribution in [1.29, 1.82) is 5.41 Å². The van der Waals surface area contributed by atoms with Crippen molar-refractivity contribution in [3.63, 3.8) is 0 Å². The maximum atomic E-state index is 13.1. The highest BCUT2D eigenvalue weighted by Crippen LogP contribution is 2.22. The molecular weight excluding hydrogens is 377 g/mol. The number of hydrogen-bond donors (Lipinski definition) is 2. The van der Waals surface area contributed by atoms with Crippen molar-refractivity contribution in [2.24, 2.45) is 0 Å². The number of nitrogen functional groups attached to an aromatic ring is 1. The first-order valence-corrected chi connectivity index (χ1v) is 10.1. The first-order valence-electron chi connectivity index (χ1n) is 10.1. The highest BCUT2D eigenvalue weighted by atomic mass is 19.1. The number of nitrogens with two attached hydrogens (primary N) is 1.